The number of halogens is 6. The zero-order valence-corrected chi connectivity index (χ0v) is 15.1. The molecular weight excluding hydrogens is 426 g/mol. The van der Waals surface area contributed by atoms with Gasteiger partial charge in [0, 0.05) is 5.56 Å². The number of hydrogen-bond donors (Lipinski definition) is 1. The molecule has 1 saturated heterocycles. The summed E-state index contributed by atoms with van der Waals surface area (Å²) in [6.07, 6.45) is -8.59. The van der Waals surface area contributed by atoms with E-state index in [0.29, 0.717) is 6.07 Å². The number of benzene rings is 1. The second-order valence-electron chi connectivity index (χ2n) is 5.56. The zero-order valence-electron chi connectivity index (χ0n) is 13.5. The molecule has 0 spiro atoms. The average Bonchev–Trinajstić information content (AvgIpc) is 2.90. The lowest BCUT2D eigenvalue weighted by atomic mass is 10.00. The summed E-state index contributed by atoms with van der Waals surface area (Å²) < 4.78 is 78.7. The Kier molecular flexibility index (Phi) is 5.24. The van der Waals surface area contributed by atoms with Crippen LogP contribution in [0.3, 0.4) is 0 Å². The molecule has 3 rings (SSSR count). The van der Waals surface area contributed by atoms with E-state index < -0.39 is 35.0 Å². The Bertz CT molecular complexity index is 998. The third-order valence-corrected chi connectivity index (χ3v) is 4.78. The van der Waals surface area contributed by atoms with Crippen molar-refractivity contribution in [2.45, 2.75) is 12.4 Å². The Balaban J connectivity index is 2.08. The van der Waals surface area contributed by atoms with Gasteiger partial charge < -0.3 is 5.32 Å². The number of carbonyl (C=O) groups is 1. The summed E-state index contributed by atoms with van der Waals surface area (Å²) >= 11 is 5.81. The number of carbonyl (C=O) groups excluding carboxylic acids is 1. The summed E-state index contributed by atoms with van der Waals surface area (Å²) in [5.41, 5.74) is -3.38. The molecule has 1 aliphatic rings. The second kappa shape index (κ2) is 7.21. The molecule has 2 heterocycles. The highest BCUT2D eigenvalue weighted by atomic mass is 32.2. The molecule has 0 unspecified atom stereocenters. The number of thiocarbonyl (C=S) groups is 1. The Morgan fingerprint density at radius 2 is 1.75 bits per heavy atom. The van der Waals surface area contributed by atoms with Crippen LogP contribution in [0.1, 0.15) is 16.8 Å². The van der Waals surface area contributed by atoms with Crippen LogP contribution in [0.2, 0.25) is 0 Å². The number of nitrogens with zero attached hydrogens (tertiary/aromatic N) is 1. The first-order valence-electron chi connectivity index (χ1n) is 7.46. The Labute approximate surface area is 163 Å². The Morgan fingerprint density at radius 3 is 2.32 bits per heavy atom. The molecule has 28 heavy (non-hydrogen) atoms. The number of alkyl halides is 6. The van der Waals surface area contributed by atoms with Gasteiger partial charge in [0.25, 0.3) is 5.91 Å². The van der Waals surface area contributed by atoms with Gasteiger partial charge in [-0.3, -0.25) is 4.79 Å². The maximum atomic E-state index is 13.3. The molecule has 0 saturated carbocycles. The van der Waals surface area contributed by atoms with Gasteiger partial charge in [0.05, 0.1) is 27.4 Å². The van der Waals surface area contributed by atoms with Crippen LogP contribution in [-0.2, 0) is 17.1 Å². The van der Waals surface area contributed by atoms with E-state index in [2.05, 4.69) is 10.3 Å². The van der Waals surface area contributed by atoms with Crippen LogP contribution in [0.15, 0.2) is 41.3 Å². The van der Waals surface area contributed by atoms with Crippen molar-refractivity contribution in [1.82, 2.24) is 10.3 Å². The highest BCUT2D eigenvalue weighted by molar-refractivity contribution is 8.26. The minimum atomic E-state index is -5.01. The van der Waals surface area contributed by atoms with Crippen LogP contribution >= 0.6 is 24.0 Å². The second-order valence-corrected chi connectivity index (χ2v) is 7.27. The van der Waals surface area contributed by atoms with E-state index in [9.17, 15) is 31.1 Å². The molecule has 0 atom stereocenters. The van der Waals surface area contributed by atoms with Gasteiger partial charge in [-0.2, -0.15) is 26.3 Å². The largest absolute Gasteiger partial charge is 0.417 e. The molecular formula is C17H8F6N2OS2. The Hall–Kier alpha value is -2.40. The van der Waals surface area contributed by atoms with Crippen molar-refractivity contribution in [2.24, 2.45) is 0 Å². The van der Waals surface area contributed by atoms with Gasteiger partial charge in [-0.15, -0.1) is 0 Å². The van der Waals surface area contributed by atoms with Gasteiger partial charge in [0.2, 0.25) is 0 Å². The van der Waals surface area contributed by atoms with Crippen molar-refractivity contribution in [3.8, 4) is 11.3 Å². The predicted octanol–water partition coefficient (Wildman–Crippen LogP) is 5.28. The van der Waals surface area contributed by atoms with Crippen molar-refractivity contribution in [2.75, 3.05) is 0 Å². The first-order valence-corrected chi connectivity index (χ1v) is 8.68. The summed E-state index contributed by atoms with van der Waals surface area (Å²) in [5.74, 6) is -0.465. The summed E-state index contributed by atoms with van der Waals surface area (Å²) in [7, 11) is 0. The molecule has 1 amide bonds. The fourth-order valence-corrected chi connectivity index (χ4v) is 3.44. The standard InChI is InChI=1S/C17H8F6N2OS2/c18-16(19,20)8-4-5-10(11(6-8)17(21,22)23)12-3-1-2-9(24-12)7-13-14(26)25-15(27)28-13/h1-7H,(H,25,26,27)/b13-7-. The van der Waals surface area contributed by atoms with Crippen LogP contribution in [0, 0.1) is 0 Å². The predicted molar refractivity (Wildman–Crippen MR) is 96.0 cm³/mol. The van der Waals surface area contributed by atoms with Gasteiger partial charge in [-0.05, 0) is 30.3 Å². The van der Waals surface area contributed by atoms with E-state index in [0.717, 1.165) is 17.8 Å². The number of amides is 1. The third-order valence-electron chi connectivity index (χ3n) is 3.62. The topological polar surface area (TPSA) is 42.0 Å². The normalized spacial score (nSPS) is 16.6. The number of nitrogens with one attached hydrogen (secondary N) is 1. The van der Waals surface area contributed by atoms with E-state index in [1.54, 1.807) is 0 Å². The summed E-state index contributed by atoms with van der Waals surface area (Å²) in [6.45, 7) is 0. The van der Waals surface area contributed by atoms with Crippen molar-refractivity contribution < 1.29 is 31.1 Å². The highest BCUT2D eigenvalue weighted by Crippen LogP contribution is 2.40. The van der Waals surface area contributed by atoms with Crippen molar-refractivity contribution >= 4 is 40.3 Å². The first-order chi connectivity index (χ1) is 12.9. The van der Waals surface area contributed by atoms with Crippen molar-refractivity contribution in [1.29, 1.82) is 0 Å². The van der Waals surface area contributed by atoms with Crippen molar-refractivity contribution in [3.63, 3.8) is 0 Å². The molecule has 1 aliphatic heterocycles. The minimum absolute atomic E-state index is 0.0564. The highest BCUT2D eigenvalue weighted by Gasteiger charge is 2.38. The number of aromatic nitrogens is 1. The molecule has 1 aromatic heterocycles. The number of rotatable bonds is 2. The van der Waals surface area contributed by atoms with Gasteiger partial charge in [-0.1, -0.05) is 36.1 Å². The van der Waals surface area contributed by atoms with Gasteiger partial charge >= 0.3 is 12.4 Å². The molecule has 0 radical (unpaired) electrons. The van der Waals surface area contributed by atoms with Gasteiger partial charge in [0.15, 0.2) is 0 Å². The van der Waals surface area contributed by atoms with E-state index in [4.69, 9.17) is 12.2 Å². The lowest BCUT2D eigenvalue weighted by Gasteiger charge is -2.16. The Morgan fingerprint density at radius 1 is 1.04 bits per heavy atom. The van der Waals surface area contributed by atoms with Gasteiger partial charge in [-0.25, -0.2) is 4.98 Å². The summed E-state index contributed by atoms with van der Waals surface area (Å²) in [6, 6.07) is 5.44. The molecule has 0 aliphatic carbocycles. The maximum absolute atomic E-state index is 13.3. The fraction of sp³-hybridized carbons (Fsp3) is 0.118. The maximum Gasteiger partial charge on any atom is 0.417 e. The molecule has 1 fully saturated rings. The third kappa shape index (κ3) is 4.36. The smallest absolute Gasteiger partial charge is 0.307 e. The van der Waals surface area contributed by atoms with Crippen LogP contribution in [-0.4, -0.2) is 15.2 Å². The number of thioether (sulfide) groups is 1. The molecule has 11 heteroatoms. The molecule has 146 valence electrons. The number of pyridine rings is 1. The molecule has 1 aromatic carbocycles. The van der Waals surface area contributed by atoms with Crippen LogP contribution in [0.4, 0.5) is 26.3 Å². The van der Waals surface area contributed by atoms with Gasteiger partial charge in [0.1, 0.15) is 4.32 Å². The van der Waals surface area contributed by atoms with Crippen molar-refractivity contribution in [3.05, 3.63) is 58.1 Å². The van der Waals surface area contributed by atoms with Crippen LogP contribution in [0.25, 0.3) is 17.3 Å². The van der Waals surface area contributed by atoms with Crippen LogP contribution in [0.5, 0.6) is 0 Å². The van der Waals surface area contributed by atoms with E-state index >= 15 is 0 Å². The van der Waals surface area contributed by atoms with E-state index in [1.807, 2.05) is 0 Å². The molecule has 3 nitrogen and oxygen atoms in total. The minimum Gasteiger partial charge on any atom is -0.307 e. The summed E-state index contributed by atoms with van der Waals surface area (Å²) in [4.78, 5) is 15.9. The van der Waals surface area contributed by atoms with E-state index in [-0.39, 0.29) is 26.7 Å². The monoisotopic (exact) mass is 434 g/mol. The first kappa shape index (κ1) is 20.3. The lowest BCUT2D eigenvalue weighted by molar-refractivity contribution is -0.142. The fourth-order valence-electron chi connectivity index (χ4n) is 2.42. The molecule has 0 bridgehead atoms. The summed E-state index contributed by atoms with van der Waals surface area (Å²) in [5, 5.41) is 2.39. The quantitative estimate of drug-likeness (QED) is 0.397. The average molecular weight is 434 g/mol. The number of hydrogen-bond acceptors (Lipinski definition) is 4. The molecule has 1 N–H and O–H groups in total. The van der Waals surface area contributed by atoms with Crippen LogP contribution < -0.4 is 5.32 Å². The van der Waals surface area contributed by atoms with E-state index in [1.165, 1.54) is 24.3 Å². The SMILES string of the molecule is O=C1NC(=S)S/C1=C\c1cccc(-c2ccc(C(F)(F)F)cc2C(F)(F)F)n1. The zero-order chi connectivity index (χ0) is 20.7. The lowest BCUT2D eigenvalue weighted by Crippen LogP contribution is -2.17. The molecule has 2 aromatic rings.